The second kappa shape index (κ2) is 11.1. The Morgan fingerprint density at radius 2 is 1.74 bits per heavy atom. The van der Waals surface area contributed by atoms with Gasteiger partial charge in [0.1, 0.15) is 0 Å². The third-order valence-electron chi connectivity index (χ3n) is 5.72. The van der Waals surface area contributed by atoms with E-state index in [9.17, 15) is 13.2 Å². The Morgan fingerprint density at radius 3 is 2.43 bits per heavy atom. The summed E-state index contributed by atoms with van der Waals surface area (Å²) >= 11 is 0. The average Bonchev–Trinajstić information content (AvgIpc) is 3.39. The van der Waals surface area contributed by atoms with Crippen molar-refractivity contribution in [1.82, 2.24) is 14.9 Å². The van der Waals surface area contributed by atoms with Crippen LogP contribution in [0.2, 0.25) is 0 Å². The first-order chi connectivity index (χ1) is 16.9. The van der Waals surface area contributed by atoms with Crippen LogP contribution in [0.5, 0.6) is 0 Å². The van der Waals surface area contributed by atoms with Crippen molar-refractivity contribution in [3.8, 4) is 6.07 Å². The molecule has 0 radical (unpaired) electrons. The van der Waals surface area contributed by atoms with E-state index in [4.69, 9.17) is 5.26 Å². The summed E-state index contributed by atoms with van der Waals surface area (Å²) in [6, 6.07) is 14.9. The number of carbonyl (C=O) groups excluding carboxylic acids is 1. The monoisotopic (exact) mass is 490 g/mol. The minimum Gasteiger partial charge on any atom is -0.324 e. The first-order valence-electron chi connectivity index (χ1n) is 11.4. The molecule has 0 atom stereocenters. The van der Waals surface area contributed by atoms with E-state index in [2.05, 4.69) is 25.5 Å². The molecule has 4 rings (SSSR count). The van der Waals surface area contributed by atoms with E-state index in [0.29, 0.717) is 39.8 Å². The summed E-state index contributed by atoms with van der Waals surface area (Å²) in [4.78, 5) is 23.4. The summed E-state index contributed by atoms with van der Waals surface area (Å²) in [5.41, 5.74) is 1.80. The lowest BCUT2D eigenvalue weighted by atomic mass is 10.1. The van der Waals surface area contributed by atoms with Gasteiger partial charge in [0, 0.05) is 11.3 Å². The summed E-state index contributed by atoms with van der Waals surface area (Å²) < 4.78 is 25.3. The lowest BCUT2D eigenvalue weighted by molar-refractivity contribution is 0.102. The predicted octanol–water partition coefficient (Wildman–Crippen LogP) is 3.60. The second-order valence-corrected chi connectivity index (χ2v) is 10.4. The zero-order valence-corrected chi connectivity index (χ0v) is 20.0. The average molecular weight is 491 g/mol. The maximum atomic E-state index is 12.6. The summed E-state index contributed by atoms with van der Waals surface area (Å²) in [5, 5.41) is 14.7. The fourth-order valence-electron chi connectivity index (χ4n) is 3.87. The van der Waals surface area contributed by atoms with Crippen LogP contribution in [0.1, 0.15) is 35.2 Å². The van der Waals surface area contributed by atoms with Crippen LogP contribution in [0, 0.1) is 11.3 Å². The third kappa shape index (κ3) is 6.62. The lowest BCUT2D eigenvalue weighted by Crippen LogP contribution is -2.22. The Morgan fingerprint density at radius 1 is 1.03 bits per heavy atom. The zero-order valence-electron chi connectivity index (χ0n) is 19.1. The highest BCUT2D eigenvalue weighted by Gasteiger charge is 2.17. The van der Waals surface area contributed by atoms with Gasteiger partial charge < -0.3 is 15.5 Å². The number of benzene rings is 2. The molecule has 1 fully saturated rings. The molecule has 3 aromatic rings. The number of rotatable bonds is 9. The van der Waals surface area contributed by atoms with Crippen molar-refractivity contribution in [3.05, 3.63) is 72.1 Å². The number of amides is 1. The summed E-state index contributed by atoms with van der Waals surface area (Å²) in [6.45, 7) is 2.94. The molecular weight excluding hydrogens is 464 g/mol. The van der Waals surface area contributed by atoms with Crippen LogP contribution < -0.4 is 10.6 Å². The van der Waals surface area contributed by atoms with E-state index < -0.39 is 9.84 Å². The third-order valence-corrected chi connectivity index (χ3v) is 7.54. The minimum atomic E-state index is -3.33. The Kier molecular flexibility index (Phi) is 7.70. The number of anilines is 3. The predicted molar refractivity (Wildman–Crippen MR) is 133 cm³/mol. The number of nitriles is 1. The van der Waals surface area contributed by atoms with Crippen LogP contribution in [0.3, 0.4) is 0 Å². The zero-order chi connectivity index (χ0) is 24.7. The number of nitrogens with one attached hydrogen (secondary N) is 2. The van der Waals surface area contributed by atoms with Crippen molar-refractivity contribution in [2.45, 2.75) is 24.2 Å². The van der Waals surface area contributed by atoms with Crippen molar-refractivity contribution in [3.63, 3.8) is 0 Å². The molecule has 0 aliphatic carbocycles. The fraction of sp³-hybridized carbons (Fsp3) is 0.280. The molecule has 2 N–H and O–H groups in total. The molecule has 0 unspecified atom stereocenters. The molecule has 0 spiro atoms. The van der Waals surface area contributed by atoms with Gasteiger partial charge in [-0.2, -0.15) is 5.26 Å². The van der Waals surface area contributed by atoms with Crippen LogP contribution in [-0.2, 0) is 9.84 Å². The van der Waals surface area contributed by atoms with Crippen LogP contribution in [0.4, 0.5) is 17.3 Å². The van der Waals surface area contributed by atoms with E-state index in [1.165, 1.54) is 31.3 Å². The lowest BCUT2D eigenvalue weighted by Gasteiger charge is -2.14. The first kappa shape index (κ1) is 24.3. The number of hydrogen-bond donors (Lipinski definition) is 2. The maximum Gasteiger partial charge on any atom is 0.255 e. The van der Waals surface area contributed by atoms with Gasteiger partial charge in [-0.05, 0) is 81.4 Å². The van der Waals surface area contributed by atoms with Gasteiger partial charge in [0.05, 0.1) is 40.4 Å². The van der Waals surface area contributed by atoms with E-state index in [1.807, 2.05) is 6.07 Å². The Balaban J connectivity index is 1.31. The van der Waals surface area contributed by atoms with Gasteiger partial charge in [0.25, 0.3) is 5.91 Å². The van der Waals surface area contributed by atoms with Gasteiger partial charge in [-0.1, -0.05) is 6.07 Å². The van der Waals surface area contributed by atoms with E-state index in [-0.39, 0.29) is 11.7 Å². The minimum absolute atomic E-state index is 0.132. The molecule has 0 saturated carbocycles. The molecule has 9 nitrogen and oxygen atoms in total. The Labute approximate surface area is 204 Å². The second-order valence-electron chi connectivity index (χ2n) is 8.31. The number of likely N-dealkylation sites (tertiary alicyclic amines) is 1. The topological polar surface area (TPSA) is 128 Å². The van der Waals surface area contributed by atoms with E-state index >= 15 is 0 Å². The Hall–Kier alpha value is -3.81. The molecule has 1 aromatic heterocycles. The highest BCUT2D eigenvalue weighted by molar-refractivity contribution is 7.91. The summed E-state index contributed by atoms with van der Waals surface area (Å²) in [5.74, 6) is 0.0623. The molecular formula is C25H26N6O3S. The molecule has 2 heterocycles. The van der Waals surface area contributed by atoms with Crippen molar-refractivity contribution in [2.75, 3.05) is 36.0 Å². The number of nitrogens with zero attached hydrogens (tertiary/aromatic N) is 4. The van der Waals surface area contributed by atoms with Crippen molar-refractivity contribution >= 4 is 33.1 Å². The normalized spacial score (nSPS) is 13.8. The molecule has 180 valence electrons. The van der Waals surface area contributed by atoms with Gasteiger partial charge in [-0.25, -0.2) is 18.4 Å². The standard InChI is InChI=1S/C25H26N6O3S/c26-16-19-5-3-6-20(15-19)24(32)29-22-17-27-25(28-18-22)30-21-7-9-23(10-8-21)35(33,34)14-4-13-31-11-1-2-12-31/h3,5-10,15,17-18H,1-2,4,11-14H2,(H,29,32)(H,27,28,30). The largest absolute Gasteiger partial charge is 0.324 e. The van der Waals surface area contributed by atoms with Gasteiger partial charge in [-0.3, -0.25) is 4.79 Å². The van der Waals surface area contributed by atoms with E-state index in [1.54, 1.807) is 42.5 Å². The molecule has 0 bridgehead atoms. The Bertz CT molecular complexity index is 1310. The maximum absolute atomic E-state index is 12.6. The van der Waals surface area contributed by atoms with Crippen molar-refractivity contribution in [2.24, 2.45) is 0 Å². The number of hydrogen-bond acceptors (Lipinski definition) is 8. The summed E-state index contributed by atoms with van der Waals surface area (Å²) in [6.07, 6.45) is 5.93. The summed E-state index contributed by atoms with van der Waals surface area (Å²) in [7, 11) is -3.33. The van der Waals surface area contributed by atoms with Gasteiger partial charge in [-0.15, -0.1) is 0 Å². The molecule has 10 heteroatoms. The van der Waals surface area contributed by atoms with Crippen LogP contribution >= 0.6 is 0 Å². The van der Waals surface area contributed by atoms with E-state index in [0.717, 1.165) is 19.6 Å². The number of carbonyl (C=O) groups is 1. The van der Waals surface area contributed by atoms with Gasteiger partial charge in [0.15, 0.2) is 9.84 Å². The number of aromatic nitrogens is 2. The quantitative estimate of drug-likeness (QED) is 0.466. The van der Waals surface area contributed by atoms with Crippen molar-refractivity contribution in [1.29, 1.82) is 5.26 Å². The first-order valence-corrected chi connectivity index (χ1v) is 13.0. The van der Waals surface area contributed by atoms with Gasteiger partial charge in [0.2, 0.25) is 5.95 Å². The van der Waals surface area contributed by atoms with Crippen LogP contribution in [0.15, 0.2) is 65.8 Å². The van der Waals surface area contributed by atoms with Gasteiger partial charge >= 0.3 is 0 Å². The van der Waals surface area contributed by atoms with Crippen LogP contribution in [-0.4, -0.2) is 54.6 Å². The smallest absolute Gasteiger partial charge is 0.255 e. The molecule has 35 heavy (non-hydrogen) atoms. The SMILES string of the molecule is N#Cc1cccc(C(=O)Nc2cnc(Nc3ccc(S(=O)(=O)CCCN4CCCC4)cc3)nc2)c1. The molecule has 1 saturated heterocycles. The number of sulfone groups is 1. The fourth-order valence-corrected chi connectivity index (χ4v) is 5.16. The molecule has 2 aromatic carbocycles. The molecule has 1 amide bonds. The highest BCUT2D eigenvalue weighted by Crippen LogP contribution is 2.19. The molecule has 1 aliphatic heterocycles. The van der Waals surface area contributed by atoms with Crippen molar-refractivity contribution < 1.29 is 13.2 Å². The molecule has 1 aliphatic rings. The highest BCUT2D eigenvalue weighted by atomic mass is 32.2. The van der Waals surface area contributed by atoms with Crippen LogP contribution in [0.25, 0.3) is 0 Å².